The minimum Gasteiger partial charge on any atom is -0.496 e. The lowest BCUT2D eigenvalue weighted by atomic mass is 9.88. The number of rotatable bonds is 7. The summed E-state index contributed by atoms with van der Waals surface area (Å²) in [6, 6.07) is 21.4. The summed E-state index contributed by atoms with van der Waals surface area (Å²) in [6.45, 7) is 6.56. The molecule has 0 unspecified atom stereocenters. The second-order valence-electron chi connectivity index (χ2n) is 10.3. The van der Waals surface area contributed by atoms with E-state index in [4.69, 9.17) is 4.74 Å². The molecular formula is C31H38N4O3. The Hall–Kier alpha value is -3.84. The highest BCUT2D eigenvalue weighted by atomic mass is 16.5. The van der Waals surface area contributed by atoms with Gasteiger partial charge in [0.2, 0.25) is 0 Å². The smallest absolute Gasteiger partial charge is 0.321 e. The Kier molecular flexibility index (Phi) is 8.69. The maximum absolute atomic E-state index is 13.5. The molecular weight excluding hydrogens is 476 g/mol. The van der Waals surface area contributed by atoms with Crippen LogP contribution in [0.5, 0.6) is 5.75 Å². The Morgan fingerprint density at radius 1 is 0.921 bits per heavy atom. The van der Waals surface area contributed by atoms with Gasteiger partial charge in [0.05, 0.1) is 18.4 Å². The highest BCUT2D eigenvalue weighted by Crippen LogP contribution is 2.37. The number of carbonyl (C=O) groups is 2. The molecule has 0 aromatic heterocycles. The molecule has 1 aliphatic rings. The number of nitrogens with zero attached hydrogens (tertiary/aromatic N) is 2. The lowest BCUT2D eigenvalue weighted by Gasteiger charge is -2.35. The Bertz CT molecular complexity index is 1270. The first-order chi connectivity index (χ1) is 18.3. The predicted octanol–water partition coefficient (Wildman–Crippen LogP) is 6.30. The van der Waals surface area contributed by atoms with Crippen LogP contribution in [0, 0.1) is 0 Å². The van der Waals surface area contributed by atoms with Crippen LogP contribution in [0.1, 0.15) is 48.5 Å². The minimum atomic E-state index is -0.302. The molecule has 3 aromatic carbocycles. The third-order valence-corrected chi connectivity index (χ3v) is 7.21. The zero-order valence-electron chi connectivity index (χ0n) is 23.0. The van der Waals surface area contributed by atoms with Crippen molar-refractivity contribution in [3.8, 4) is 16.9 Å². The fourth-order valence-electron chi connectivity index (χ4n) is 4.94. The van der Waals surface area contributed by atoms with Crippen molar-refractivity contribution in [2.45, 2.75) is 38.6 Å². The molecule has 1 saturated heterocycles. The molecule has 200 valence electrons. The van der Waals surface area contributed by atoms with Gasteiger partial charge in [0.1, 0.15) is 5.75 Å². The maximum Gasteiger partial charge on any atom is 0.321 e. The number of benzene rings is 3. The fourth-order valence-corrected chi connectivity index (χ4v) is 4.94. The molecule has 3 amide bonds. The highest BCUT2D eigenvalue weighted by Gasteiger charge is 2.25. The van der Waals surface area contributed by atoms with E-state index in [2.05, 4.69) is 29.4 Å². The molecule has 0 radical (unpaired) electrons. The van der Waals surface area contributed by atoms with Crippen molar-refractivity contribution in [2.75, 3.05) is 44.9 Å². The van der Waals surface area contributed by atoms with Gasteiger partial charge in [-0.15, -0.1) is 0 Å². The number of amides is 3. The van der Waals surface area contributed by atoms with Crippen molar-refractivity contribution in [1.29, 1.82) is 0 Å². The first-order valence-corrected chi connectivity index (χ1v) is 13.2. The summed E-state index contributed by atoms with van der Waals surface area (Å²) in [5, 5.41) is 5.93. The average Bonchev–Trinajstić information content (AvgIpc) is 2.93. The number of hydrogen-bond acceptors (Lipinski definition) is 4. The molecule has 3 aromatic rings. The van der Waals surface area contributed by atoms with E-state index < -0.39 is 0 Å². The van der Waals surface area contributed by atoms with Gasteiger partial charge in [-0.3, -0.25) is 4.79 Å². The summed E-state index contributed by atoms with van der Waals surface area (Å²) in [6.07, 6.45) is 2.10. The lowest BCUT2D eigenvalue weighted by molar-refractivity contribution is 0.102. The molecule has 1 fully saturated rings. The maximum atomic E-state index is 13.5. The van der Waals surface area contributed by atoms with Gasteiger partial charge in [-0.25, -0.2) is 4.79 Å². The zero-order valence-corrected chi connectivity index (χ0v) is 23.0. The van der Waals surface area contributed by atoms with Gasteiger partial charge in [0.15, 0.2) is 0 Å². The molecule has 7 nitrogen and oxygen atoms in total. The van der Waals surface area contributed by atoms with Gasteiger partial charge in [-0.05, 0) is 92.7 Å². The molecule has 1 aliphatic heterocycles. The number of likely N-dealkylation sites (tertiary alicyclic amines) is 1. The predicted molar refractivity (Wildman–Crippen MR) is 154 cm³/mol. The van der Waals surface area contributed by atoms with Crippen LogP contribution in [-0.2, 0) is 0 Å². The van der Waals surface area contributed by atoms with Crippen molar-refractivity contribution in [2.24, 2.45) is 0 Å². The van der Waals surface area contributed by atoms with Crippen LogP contribution in [0.25, 0.3) is 11.1 Å². The third kappa shape index (κ3) is 6.34. The molecule has 2 N–H and O–H groups in total. The summed E-state index contributed by atoms with van der Waals surface area (Å²) < 4.78 is 5.68. The van der Waals surface area contributed by atoms with Crippen molar-refractivity contribution < 1.29 is 14.3 Å². The number of carbonyl (C=O) groups excluding carboxylic acids is 2. The fraction of sp³-hybridized carbons (Fsp3) is 0.355. The summed E-state index contributed by atoms with van der Waals surface area (Å²) in [5.74, 6) is 0.929. The average molecular weight is 515 g/mol. The Labute approximate surface area is 225 Å². The molecule has 0 spiro atoms. The second-order valence-corrected chi connectivity index (χ2v) is 10.3. The number of urea groups is 1. The van der Waals surface area contributed by atoms with E-state index >= 15 is 0 Å². The van der Waals surface area contributed by atoms with E-state index in [1.54, 1.807) is 27.3 Å². The number of anilines is 2. The molecule has 0 saturated carbocycles. The number of piperidine rings is 1. The van der Waals surface area contributed by atoms with E-state index in [-0.39, 0.29) is 11.9 Å². The first-order valence-electron chi connectivity index (χ1n) is 13.2. The Morgan fingerprint density at radius 2 is 1.63 bits per heavy atom. The van der Waals surface area contributed by atoms with Crippen molar-refractivity contribution in [3.05, 3.63) is 77.9 Å². The number of nitrogens with one attached hydrogen (secondary N) is 2. The monoisotopic (exact) mass is 514 g/mol. The number of hydrogen-bond donors (Lipinski definition) is 2. The second kappa shape index (κ2) is 12.1. The van der Waals surface area contributed by atoms with Gasteiger partial charge in [0.25, 0.3) is 5.91 Å². The van der Waals surface area contributed by atoms with Crippen molar-refractivity contribution in [3.63, 3.8) is 0 Å². The van der Waals surface area contributed by atoms with E-state index in [1.807, 2.05) is 60.7 Å². The van der Waals surface area contributed by atoms with E-state index in [1.165, 1.54) is 4.90 Å². The normalized spacial score (nSPS) is 14.3. The van der Waals surface area contributed by atoms with Gasteiger partial charge >= 0.3 is 6.03 Å². The van der Waals surface area contributed by atoms with Crippen LogP contribution in [0.2, 0.25) is 0 Å². The van der Waals surface area contributed by atoms with Gasteiger partial charge in [-0.1, -0.05) is 36.4 Å². The van der Waals surface area contributed by atoms with E-state index in [0.717, 1.165) is 48.4 Å². The van der Waals surface area contributed by atoms with Crippen LogP contribution in [0.4, 0.5) is 16.2 Å². The molecule has 4 rings (SSSR count). The summed E-state index contributed by atoms with van der Waals surface area (Å²) in [5.41, 5.74) is 4.59. The van der Waals surface area contributed by atoms with Crippen molar-refractivity contribution in [1.82, 2.24) is 9.80 Å². The first kappa shape index (κ1) is 27.2. The third-order valence-electron chi connectivity index (χ3n) is 7.21. The van der Waals surface area contributed by atoms with Crippen LogP contribution in [-0.4, -0.2) is 62.1 Å². The SMILES string of the molecule is COc1ccc(NC(=O)c2ccc(-c3ccccc3)cc2NC(=O)N(C)C)cc1C1CCN(C(C)C)CC1. The zero-order chi connectivity index (χ0) is 27.2. The lowest BCUT2D eigenvalue weighted by Crippen LogP contribution is -2.37. The molecule has 1 heterocycles. The largest absolute Gasteiger partial charge is 0.496 e. The van der Waals surface area contributed by atoms with Gasteiger partial charge in [-0.2, -0.15) is 0 Å². The Morgan fingerprint density at radius 3 is 2.26 bits per heavy atom. The summed E-state index contributed by atoms with van der Waals surface area (Å²) >= 11 is 0. The number of ether oxygens (including phenoxy) is 1. The standard InChI is InChI=1S/C31H38N4O3/c1-21(2)35-17-15-23(16-18-35)27-20-25(12-14-29(27)38-5)32-30(36)26-13-11-24(22-9-7-6-8-10-22)19-28(26)33-31(37)34(3)4/h6-14,19-21,23H,15-18H2,1-5H3,(H,32,36)(H,33,37). The molecule has 0 atom stereocenters. The van der Waals surface area contributed by atoms with Crippen LogP contribution >= 0.6 is 0 Å². The molecule has 38 heavy (non-hydrogen) atoms. The molecule has 7 heteroatoms. The number of methoxy groups -OCH3 is 1. The summed E-state index contributed by atoms with van der Waals surface area (Å²) in [7, 11) is 5.02. The van der Waals surface area contributed by atoms with Gasteiger partial charge in [0, 0.05) is 25.8 Å². The van der Waals surface area contributed by atoms with E-state index in [9.17, 15) is 9.59 Å². The summed E-state index contributed by atoms with van der Waals surface area (Å²) in [4.78, 5) is 29.9. The molecule has 0 aliphatic carbocycles. The van der Waals surface area contributed by atoms with Crippen LogP contribution in [0.3, 0.4) is 0 Å². The molecule has 0 bridgehead atoms. The Balaban J connectivity index is 1.59. The highest BCUT2D eigenvalue weighted by molar-refractivity contribution is 6.10. The topological polar surface area (TPSA) is 73.9 Å². The van der Waals surface area contributed by atoms with Crippen LogP contribution < -0.4 is 15.4 Å². The minimum absolute atomic E-state index is 0.288. The van der Waals surface area contributed by atoms with Gasteiger partial charge < -0.3 is 25.2 Å². The van der Waals surface area contributed by atoms with Crippen molar-refractivity contribution >= 4 is 23.3 Å². The quantitative estimate of drug-likeness (QED) is 0.388. The van der Waals surface area contributed by atoms with Crippen LogP contribution in [0.15, 0.2) is 66.7 Å². The van der Waals surface area contributed by atoms with E-state index in [0.29, 0.717) is 28.9 Å².